The van der Waals surface area contributed by atoms with E-state index in [0.29, 0.717) is 0 Å². The van der Waals surface area contributed by atoms with Crippen molar-refractivity contribution in [2.45, 2.75) is 0 Å². The molecule has 0 fully saturated rings. The van der Waals surface area contributed by atoms with Gasteiger partial charge in [-0.3, -0.25) is 0 Å². The van der Waals surface area contributed by atoms with Crippen molar-refractivity contribution in [2.75, 3.05) is 6.16 Å². The van der Waals surface area contributed by atoms with Gasteiger partial charge in [0, 0.05) is 0 Å². The number of aliphatic hydroxyl groups excluding tert-OH is 1. The standard InChI is InChI=1S/C3H7O2P/c1-3(4)2-6-5/h4H,1-2,6H2. The maximum absolute atomic E-state index is 9.60. The molecule has 0 heterocycles. The molecule has 1 unspecified atom stereocenters. The number of aliphatic hydroxyl groups is 1. The highest BCUT2D eigenvalue weighted by Gasteiger charge is 1.77. The lowest BCUT2D eigenvalue weighted by molar-refractivity contribution is 0.418. The van der Waals surface area contributed by atoms with Crippen molar-refractivity contribution in [2.24, 2.45) is 0 Å². The molecule has 0 aliphatic heterocycles. The molecule has 0 aromatic heterocycles. The minimum Gasteiger partial charge on any atom is -0.512 e. The SMILES string of the molecule is C=C(O)C[PH2]=O. The fraction of sp³-hybridized carbons (Fsp3) is 0.333. The average molecular weight is 106 g/mol. The van der Waals surface area contributed by atoms with E-state index in [1.54, 1.807) is 0 Å². The molecule has 0 spiro atoms. The van der Waals surface area contributed by atoms with Gasteiger partial charge in [0.1, 0.15) is 0 Å². The highest BCUT2D eigenvalue weighted by molar-refractivity contribution is 7.24. The maximum Gasteiger partial charge on any atom is 0.0919 e. The minimum atomic E-state index is -0.847. The zero-order valence-corrected chi connectivity index (χ0v) is 4.50. The Morgan fingerprint density at radius 2 is 2.50 bits per heavy atom. The summed E-state index contributed by atoms with van der Waals surface area (Å²) in [6.07, 6.45) is 0.264. The van der Waals surface area contributed by atoms with Crippen LogP contribution in [0.1, 0.15) is 0 Å². The predicted octanol–water partition coefficient (Wildman–Crippen LogP) is 0.814. The Labute approximate surface area is 37.7 Å². The van der Waals surface area contributed by atoms with Gasteiger partial charge < -0.3 is 9.67 Å². The monoisotopic (exact) mass is 106 g/mol. The molecule has 0 aliphatic rings. The van der Waals surface area contributed by atoms with E-state index in [2.05, 4.69) is 6.58 Å². The zero-order chi connectivity index (χ0) is 4.99. The summed E-state index contributed by atoms with van der Waals surface area (Å²) in [5, 5.41) is 8.18. The maximum atomic E-state index is 9.60. The lowest BCUT2D eigenvalue weighted by Gasteiger charge is -1.80. The van der Waals surface area contributed by atoms with Crippen LogP contribution >= 0.6 is 8.46 Å². The third-order valence-electron chi connectivity index (χ3n) is 0.319. The summed E-state index contributed by atoms with van der Waals surface area (Å²) in [7, 11) is -0.847. The van der Waals surface area contributed by atoms with Crippen molar-refractivity contribution >= 4 is 8.46 Å². The van der Waals surface area contributed by atoms with Crippen LogP contribution in [0.2, 0.25) is 0 Å². The molecule has 36 valence electrons. The van der Waals surface area contributed by atoms with Crippen LogP contribution in [0.15, 0.2) is 12.3 Å². The fourth-order valence-electron chi connectivity index (χ4n) is 0.0962. The van der Waals surface area contributed by atoms with Crippen molar-refractivity contribution in [1.82, 2.24) is 0 Å². The van der Waals surface area contributed by atoms with E-state index in [1.165, 1.54) is 0 Å². The van der Waals surface area contributed by atoms with E-state index in [0.717, 1.165) is 0 Å². The van der Waals surface area contributed by atoms with Crippen LogP contribution in [0.3, 0.4) is 0 Å². The van der Waals surface area contributed by atoms with Crippen LogP contribution in [0.5, 0.6) is 0 Å². The molecule has 0 saturated heterocycles. The molecule has 6 heavy (non-hydrogen) atoms. The summed E-state index contributed by atoms with van der Waals surface area (Å²) in [6.45, 7) is 3.12. The first-order chi connectivity index (χ1) is 2.77. The van der Waals surface area contributed by atoms with Gasteiger partial charge in [-0.2, -0.15) is 0 Å². The van der Waals surface area contributed by atoms with E-state index in [1.807, 2.05) is 0 Å². The van der Waals surface area contributed by atoms with Gasteiger partial charge >= 0.3 is 0 Å². The Balaban J connectivity index is 3.05. The minimum absolute atomic E-state index is 0.0139. The summed E-state index contributed by atoms with van der Waals surface area (Å²) in [5.74, 6) is 0.0139. The Kier molecular flexibility index (Phi) is 2.87. The number of allylic oxidation sites excluding steroid dienone is 1. The van der Waals surface area contributed by atoms with Crippen LogP contribution < -0.4 is 0 Å². The molecular formula is C3H7O2P. The first-order valence-corrected chi connectivity index (χ1v) is 2.86. The van der Waals surface area contributed by atoms with E-state index < -0.39 is 8.46 Å². The number of rotatable bonds is 2. The molecule has 0 bridgehead atoms. The normalized spacial score (nSPS) is 10.0. The molecule has 3 heteroatoms. The average Bonchev–Trinajstić information content (AvgIpc) is 1.35. The van der Waals surface area contributed by atoms with Crippen LogP contribution in [0.4, 0.5) is 0 Å². The Morgan fingerprint density at radius 3 is 2.50 bits per heavy atom. The quantitative estimate of drug-likeness (QED) is 0.418. The van der Waals surface area contributed by atoms with E-state index in [4.69, 9.17) is 5.11 Å². The smallest absolute Gasteiger partial charge is 0.0919 e. The molecule has 1 N–H and O–H groups in total. The van der Waals surface area contributed by atoms with Gasteiger partial charge in [0.25, 0.3) is 0 Å². The Hall–Kier alpha value is -0.230. The van der Waals surface area contributed by atoms with Crippen molar-refractivity contribution < 1.29 is 9.67 Å². The lowest BCUT2D eigenvalue weighted by Crippen LogP contribution is -1.73. The van der Waals surface area contributed by atoms with Crippen molar-refractivity contribution in [3.8, 4) is 0 Å². The van der Waals surface area contributed by atoms with Gasteiger partial charge in [0.2, 0.25) is 0 Å². The Morgan fingerprint density at radius 1 is 2.00 bits per heavy atom. The van der Waals surface area contributed by atoms with Crippen molar-refractivity contribution in [1.29, 1.82) is 0 Å². The highest BCUT2D eigenvalue weighted by atomic mass is 31.1. The molecule has 0 radical (unpaired) electrons. The topological polar surface area (TPSA) is 37.3 Å². The summed E-state index contributed by atoms with van der Waals surface area (Å²) in [4.78, 5) is 0. The molecule has 0 aliphatic carbocycles. The van der Waals surface area contributed by atoms with Crippen molar-refractivity contribution in [3.63, 3.8) is 0 Å². The summed E-state index contributed by atoms with van der Waals surface area (Å²) in [6, 6.07) is 0. The van der Waals surface area contributed by atoms with Crippen LogP contribution in [0, 0.1) is 0 Å². The van der Waals surface area contributed by atoms with Gasteiger partial charge in [0.15, 0.2) is 0 Å². The molecule has 2 nitrogen and oxygen atoms in total. The van der Waals surface area contributed by atoms with E-state index in [9.17, 15) is 4.57 Å². The van der Waals surface area contributed by atoms with Gasteiger partial charge in [-0.15, -0.1) is 0 Å². The molecule has 1 atom stereocenters. The fourth-order valence-corrected chi connectivity index (χ4v) is 0.289. The van der Waals surface area contributed by atoms with Gasteiger partial charge in [-0.1, -0.05) is 6.58 Å². The molecule has 0 saturated carbocycles. The summed E-state index contributed by atoms with van der Waals surface area (Å²) < 4.78 is 9.60. The third kappa shape index (κ3) is 3.77. The summed E-state index contributed by atoms with van der Waals surface area (Å²) >= 11 is 0. The second-order valence-corrected chi connectivity index (χ2v) is 1.68. The highest BCUT2D eigenvalue weighted by Crippen LogP contribution is 1.94. The van der Waals surface area contributed by atoms with E-state index in [-0.39, 0.29) is 11.9 Å². The first kappa shape index (κ1) is 5.77. The van der Waals surface area contributed by atoms with Crippen LogP contribution in [0.25, 0.3) is 0 Å². The van der Waals surface area contributed by atoms with Crippen LogP contribution in [-0.2, 0) is 4.57 Å². The molecule has 0 aromatic carbocycles. The largest absolute Gasteiger partial charge is 0.512 e. The third-order valence-corrected chi connectivity index (χ3v) is 0.957. The first-order valence-electron chi connectivity index (χ1n) is 1.57. The van der Waals surface area contributed by atoms with Gasteiger partial charge in [-0.25, -0.2) is 0 Å². The molecule has 0 amide bonds. The van der Waals surface area contributed by atoms with Crippen LogP contribution in [-0.4, -0.2) is 11.3 Å². The predicted molar refractivity (Wildman–Crippen MR) is 27.0 cm³/mol. The molecular weight excluding hydrogens is 99.0 g/mol. The second-order valence-electron chi connectivity index (χ2n) is 0.937. The lowest BCUT2D eigenvalue weighted by atomic mass is 10.7. The van der Waals surface area contributed by atoms with Gasteiger partial charge in [0.05, 0.1) is 20.4 Å². The number of hydrogen-bond donors (Lipinski definition) is 1. The van der Waals surface area contributed by atoms with Crippen molar-refractivity contribution in [3.05, 3.63) is 12.3 Å². The second kappa shape index (κ2) is 2.98. The van der Waals surface area contributed by atoms with E-state index >= 15 is 0 Å². The Bertz CT molecular complexity index is 69.2. The molecule has 0 rings (SSSR count). The zero-order valence-electron chi connectivity index (χ0n) is 3.35. The van der Waals surface area contributed by atoms with Gasteiger partial charge in [-0.05, 0) is 0 Å². The summed E-state index contributed by atoms with van der Waals surface area (Å²) in [5.41, 5.74) is 0. The molecule has 0 aromatic rings. The number of hydrogen-bond acceptors (Lipinski definition) is 2.